The van der Waals surface area contributed by atoms with Crippen LogP contribution in [0.25, 0.3) is 0 Å². The van der Waals surface area contributed by atoms with Crippen molar-refractivity contribution in [3.8, 4) is 0 Å². The summed E-state index contributed by atoms with van der Waals surface area (Å²) in [6, 6.07) is 4.73. The third kappa shape index (κ3) is 3.09. The van der Waals surface area contributed by atoms with Crippen LogP contribution in [0.3, 0.4) is 0 Å². The van der Waals surface area contributed by atoms with Gasteiger partial charge >= 0.3 is 6.09 Å². The summed E-state index contributed by atoms with van der Waals surface area (Å²) in [5.41, 5.74) is -0.0764. The fourth-order valence-corrected chi connectivity index (χ4v) is 3.38. The number of fused-ring (bicyclic) bond motifs is 1. The van der Waals surface area contributed by atoms with E-state index in [1.54, 1.807) is 17.0 Å². The Labute approximate surface area is 141 Å². The maximum Gasteiger partial charge on any atom is 0.410 e. The number of halogens is 1. The number of hydrogen-bond donors (Lipinski definition) is 1. The molecule has 0 radical (unpaired) electrons. The number of carbonyl (C=O) groups is 2. The minimum atomic E-state index is -0.645. The van der Waals surface area contributed by atoms with Crippen LogP contribution in [-0.4, -0.2) is 35.6 Å². The molecule has 24 heavy (non-hydrogen) atoms. The zero-order valence-electron chi connectivity index (χ0n) is 14.3. The molecule has 0 aliphatic carbocycles. The summed E-state index contributed by atoms with van der Waals surface area (Å²) in [5, 5.41) is 2.83. The molecule has 2 amide bonds. The molecule has 1 aromatic rings. The number of nitrogens with one attached hydrogen (secondary N) is 1. The number of rotatable bonds is 0. The highest BCUT2D eigenvalue weighted by Gasteiger charge is 2.46. The zero-order valence-corrected chi connectivity index (χ0v) is 14.3. The van der Waals surface area contributed by atoms with Gasteiger partial charge in [-0.05, 0) is 52.2 Å². The average molecular weight is 334 g/mol. The Hall–Kier alpha value is -2.11. The second kappa shape index (κ2) is 5.76. The van der Waals surface area contributed by atoms with Gasteiger partial charge in [0, 0.05) is 24.3 Å². The first-order valence-electron chi connectivity index (χ1n) is 8.27. The Morgan fingerprint density at radius 2 is 1.96 bits per heavy atom. The van der Waals surface area contributed by atoms with Gasteiger partial charge in [0.15, 0.2) is 0 Å². The maximum absolute atomic E-state index is 14.1. The number of benzene rings is 1. The van der Waals surface area contributed by atoms with E-state index in [0.29, 0.717) is 43.6 Å². The van der Waals surface area contributed by atoms with E-state index in [-0.39, 0.29) is 17.8 Å². The molecular weight excluding hydrogens is 311 g/mol. The number of anilines is 1. The summed E-state index contributed by atoms with van der Waals surface area (Å²) in [6.07, 6.45) is 1.03. The summed E-state index contributed by atoms with van der Waals surface area (Å²) in [6.45, 7) is 6.35. The van der Waals surface area contributed by atoms with Gasteiger partial charge in [-0.25, -0.2) is 9.18 Å². The maximum atomic E-state index is 14.1. The molecule has 6 heteroatoms. The molecule has 1 spiro atoms. The Bertz CT molecular complexity index is 673. The van der Waals surface area contributed by atoms with Crippen LogP contribution in [0.2, 0.25) is 0 Å². The van der Waals surface area contributed by atoms with E-state index in [1.165, 1.54) is 6.07 Å². The summed E-state index contributed by atoms with van der Waals surface area (Å²) in [5.74, 6) is -0.370. The van der Waals surface area contributed by atoms with Gasteiger partial charge in [0.25, 0.3) is 0 Å². The highest BCUT2D eigenvalue weighted by atomic mass is 19.1. The zero-order chi connectivity index (χ0) is 17.5. The Kier molecular flexibility index (Phi) is 4.01. The van der Waals surface area contributed by atoms with Crippen molar-refractivity contribution < 1.29 is 18.7 Å². The van der Waals surface area contributed by atoms with E-state index in [1.807, 2.05) is 20.8 Å². The van der Waals surface area contributed by atoms with Gasteiger partial charge in [0.1, 0.15) is 11.4 Å². The molecule has 1 saturated heterocycles. The summed E-state index contributed by atoms with van der Waals surface area (Å²) >= 11 is 0. The van der Waals surface area contributed by atoms with Crippen LogP contribution >= 0.6 is 0 Å². The first-order chi connectivity index (χ1) is 11.2. The van der Waals surface area contributed by atoms with Gasteiger partial charge in [-0.1, -0.05) is 6.07 Å². The van der Waals surface area contributed by atoms with Gasteiger partial charge in [-0.15, -0.1) is 0 Å². The Balaban J connectivity index is 1.73. The number of piperidine rings is 1. The molecule has 2 heterocycles. The van der Waals surface area contributed by atoms with E-state index in [9.17, 15) is 14.0 Å². The summed E-state index contributed by atoms with van der Waals surface area (Å²) in [4.78, 5) is 26.4. The third-order valence-electron chi connectivity index (χ3n) is 4.74. The van der Waals surface area contributed by atoms with Gasteiger partial charge in [0.05, 0.1) is 5.41 Å². The Morgan fingerprint density at radius 1 is 1.29 bits per heavy atom. The number of ether oxygens (including phenoxy) is 1. The lowest BCUT2D eigenvalue weighted by atomic mass is 9.71. The normalized spacial score (nSPS) is 19.7. The number of carbonyl (C=O) groups excluding carboxylic acids is 2. The van der Waals surface area contributed by atoms with Crippen molar-refractivity contribution in [1.29, 1.82) is 0 Å². The van der Waals surface area contributed by atoms with E-state index in [2.05, 4.69) is 5.32 Å². The lowest BCUT2D eigenvalue weighted by Crippen LogP contribution is -2.51. The number of likely N-dealkylation sites (tertiary alicyclic amines) is 1. The lowest BCUT2D eigenvalue weighted by Gasteiger charge is -2.43. The smallest absolute Gasteiger partial charge is 0.410 e. The predicted molar refractivity (Wildman–Crippen MR) is 88.2 cm³/mol. The molecule has 1 aromatic carbocycles. The van der Waals surface area contributed by atoms with Gasteiger partial charge in [-0.2, -0.15) is 0 Å². The monoisotopic (exact) mass is 334 g/mol. The number of nitrogens with zero attached hydrogens (tertiary/aromatic N) is 1. The molecular formula is C18H23FN2O3. The van der Waals surface area contributed by atoms with Crippen LogP contribution in [-0.2, 0) is 16.0 Å². The largest absolute Gasteiger partial charge is 0.444 e. The number of hydrogen-bond acceptors (Lipinski definition) is 3. The van der Waals surface area contributed by atoms with Crippen molar-refractivity contribution in [2.45, 2.75) is 45.6 Å². The molecule has 0 unspecified atom stereocenters. The topological polar surface area (TPSA) is 58.6 Å². The van der Waals surface area contributed by atoms with Crippen LogP contribution in [0.1, 0.15) is 39.2 Å². The SMILES string of the molecule is CC(C)(C)OC(=O)N1CCC2(CC1)Cc1c(F)cccc1NC2=O. The molecule has 0 atom stereocenters. The molecule has 2 aliphatic rings. The molecule has 3 rings (SSSR count). The molecule has 0 bridgehead atoms. The lowest BCUT2D eigenvalue weighted by molar-refractivity contribution is -0.129. The standard InChI is InChI=1S/C18H23FN2O3/c1-17(2,3)24-16(23)21-9-7-18(8-10-21)11-12-13(19)5-4-6-14(12)20-15(18)22/h4-6H,7-11H2,1-3H3,(H,20,22). The minimum Gasteiger partial charge on any atom is -0.444 e. The van der Waals surface area contributed by atoms with Gasteiger partial charge in [-0.3, -0.25) is 4.79 Å². The fraction of sp³-hybridized carbons (Fsp3) is 0.556. The second-order valence-electron chi connectivity index (χ2n) is 7.64. The molecule has 5 nitrogen and oxygen atoms in total. The summed E-state index contributed by atoms with van der Waals surface area (Å²) < 4.78 is 19.5. The van der Waals surface area contributed by atoms with Crippen molar-refractivity contribution in [2.75, 3.05) is 18.4 Å². The molecule has 0 aromatic heterocycles. The Morgan fingerprint density at radius 3 is 2.58 bits per heavy atom. The van der Waals surface area contributed by atoms with Crippen LogP contribution in [0.15, 0.2) is 18.2 Å². The quantitative estimate of drug-likeness (QED) is 0.792. The highest BCUT2D eigenvalue weighted by molar-refractivity contribution is 5.98. The molecule has 1 fully saturated rings. The predicted octanol–water partition coefficient (Wildman–Crippen LogP) is 3.34. The summed E-state index contributed by atoms with van der Waals surface area (Å²) in [7, 11) is 0. The van der Waals surface area contributed by atoms with Crippen LogP contribution in [0.5, 0.6) is 0 Å². The first-order valence-corrected chi connectivity index (χ1v) is 8.27. The van der Waals surface area contributed by atoms with Crippen LogP contribution in [0.4, 0.5) is 14.9 Å². The van der Waals surface area contributed by atoms with E-state index >= 15 is 0 Å². The molecule has 2 aliphatic heterocycles. The average Bonchev–Trinajstić information content (AvgIpc) is 2.49. The van der Waals surface area contributed by atoms with Crippen molar-refractivity contribution >= 4 is 17.7 Å². The third-order valence-corrected chi connectivity index (χ3v) is 4.74. The molecule has 0 saturated carbocycles. The van der Waals surface area contributed by atoms with E-state index in [0.717, 1.165) is 0 Å². The fourth-order valence-electron chi connectivity index (χ4n) is 3.38. The van der Waals surface area contributed by atoms with E-state index < -0.39 is 11.0 Å². The van der Waals surface area contributed by atoms with Crippen molar-refractivity contribution in [3.63, 3.8) is 0 Å². The van der Waals surface area contributed by atoms with Crippen molar-refractivity contribution in [2.24, 2.45) is 5.41 Å². The highest BCUT2D eigenvalue weighted by Crippen LogP contribution is 2.42. The van der Waals surface area contributed by atoms with Crippen LogP contribution in [0, 0.1) is 11.2 Å². The molecule has 130 valence electrons. The second-order valence-corrected chi connectivity index (χ2v) is 7.64. The minimum absolute atomic E-state index is 0.0792. The van der Waals surface area contributed by atoms with Crippen molar-refractivity contribution in [3.05, 3.63) is 29.6 Å². The van der Waals surface area contributed by atoms with Crippen LogP contribution < -0.4 is 5.32 Å². The number of amides is 2. The first kappa shape index (κ1) is 16.7. The molecule has 1 N–H and O–H groups in total. The van der Waals surface area contributed by atoms with Crippen molar-refractivity contribution in [1.82, 2.24) is 4.90 Å². The van der Waals surface area contributed by atoms with E-state index in [4.69, 9.17) is 4.74 Å². The van der Waals surface area contributed by atoms with Gasteiger partial charge < -0.3 is 15.0 Å². The van der Waals surface area contributed by atoms with Gasteiger partial charge in [0.2, 0.25) is 5.91 Å².